The zero-order chi connectivity index (χ0) is 36.2. The lowest BCUT2D eigenvalue weighted by Crippen LogP contribution is -2.36. The molecule has 2 heterocycles. The van der Waals surface area contributed by atoms with Crippen LogP contribution in [0.5, 0.6) is 11.5 Å². The molecule has 2 saturated carbocycles. The average Bonchev–Trinajstić information content (AvgIpc) is 3.82. The van der Waals surface area contributed by atoms with Crippen molar-refractivity contribution in [3.8, 4) is 22.8 Å². The number of rotatable bonds is 11. The van der Waals surface area contributed by atoms with E-state index in [1.807, 2.05) is 31.3 Å². The van der Waals surface area contributed by atoms with Crippen molar-refractivity contribution in [2.24, 2.45) is 11.7 Å². The molecule has 2 unspecified atom stereocenters. The van der Waals surface area contributed by atoms with Crippen molar-refractivity contribution in [1.29, 1.82) is 0 Å². The standard InChI is InChI=1S/C36H41ClFN3O3.C3H8.CH3NO/c1-4-13-39-18-25-14-24(16-33(27(25)5-2)44-26-10-11-26)36(42)40-19-29(22-7-6-8-22)32-17-28-21(3)20-43-35(28)34(41-32)23-9-12-31(38)30(37)15-23;1-3-2;2-1-3/h5,9,12,14-18,21-22,26,29,39H,4,6-8,10-11,13,19-20H2,1-3H3,(H,40,42);3H2,1-2H3;1H,(H2,2,3)/b25-18-,27-5-;;. The summed E-state index contributed by atoms with van der Waals surface area (Å²) in [7, 11) is 0. The van der Waals surface area contributed by atoms with Crippen LogP contribution in [0.4, 0.5) is 4.39 Å². The number of halogens is 2. The van der Waals surface area contributed by atoms with Gasteiger partial charge in [-0.15, -0.1) is 0 Å². The number of pyridine rings is 1. The van der Waals surface area contributed by atoms with Crippen LogP contribution >= 0.6 is 11.6 Å². The van der Waals surface area contributed by atoms with E-state index in [2.05, 4.69) is 50.1 Å². The second-order valence-electron chi connectivity index (χ2n) is 13.2. The molecule has 270 valence electrons. The van der Waals surface area contributed by atoms with Gasteiger partial charge < -0.3 is 25.8 Å². The molecule has 0 saturated heterocycles. The third kappa shape index (κ3) is 9.77. The quantitative estimate of drug-likeness (QED) is 0.147. The lowest BCUT2D eigenvalue weighted by Gasteiger charge is -2.34. The SMILES string of the molecule is C/C=c1\c(OC2CC2)cc(C(=O)NCC(c2cc3c(c(-c4ccc(F)c(Cl)c4)n2)OCC3C)C2CCC2)c\c1=C\NCCC.CCC.NC=O. The van der Waals surface area contributed by atoms with Crippen molar-refractivity contribution in [3.63, 3.8) is 0 Å². The van der Waals surface area contributed by atoms with Crippen molar-refractivity contribution in [2.45, 2.75) is 97.5 Å². The molecule has 2 aliphatic carbocycles. The van der Waals surface area contributed by atoms with E-state index in [9.17, 15) is 9.18 Å². The van der Waals surface area contributed by atoms with E-state index >= 15 is 0 Å². The number of aromatic nitrogens is 1. The number of hydrogen-bond acceptors (Lipinski definition) is 6. The zero-order valence-electron chi connectivity index (χ0n) is 30.0. The fourth-order valence-electron chi connectivity index (χ4n) is 6.08. The van der Waals surface area contributed by atoms with E-state index in [-0.39, 0.29) is 35.3 Å². The molecule has 3 aliphatic rings. The van der Waals surface area contributed by atoms with Crippen molar-refractivity contribution in [3.05, 3.63) is 74.5 Å². The zero-order valence-corrected chi connectivity index (χ0v) is 30.7. The van der Waals surface area contributed by atoms with E-state index in [1.54, 1.807) is 12.1 Å². The number of carbonyl (C=O) groups is 2. The van der Waals surface area contributed by atoms with Crippen LogP contribution in [-0.2, 0) is 4.79 Å². The molecular weight excluding hydrogens is 655 g/mol. The third-order valence-electron chi connectivity index (χ3n) is 9.00. The molecule has 2 fully saturated rings. The molecule has 10 heteroatoms. The Balaban J connectivity index is 0.000000875. The molecule has 0 spiro atoms. The van der Waals surface area contributed by atoms with Crippen LogP contribution in [-0.4, -0.2) is 43.1 Å². The lowest BCUT2D eigenvalue weighted by atomic mass is 9.74. The Hall–Kier alpha value is -4.11. The van der Waals surface area contributed by atoms with Gasteiger partial charge in [0.25, 0.3) is 5.91 Å². The second-order valence-corrected chi connectivity index (χ2v) is 13.6. The van der Waals surface area contributed by atoms with Crippen LogP contribution in [0.3, 0.4) is 0 Å². The number of nitrogens with two attached hydrogens (primary N) is 1. The van der Waals surface area contributed by atoms with Gasteiger partial charge in [-0.05, 0) is 81.3 Å². The van der Waals surface area contributed by atoms with Crippen molar-refractivity contribution < 1.29 is 23.5 Å². The highest BCUT2D eigenvalue weighted by Gasteiger charge is 2.34. The highest BCUT2D eigenvalue weighted by atomic mass is 35.5. The summed E-state index contributed by atoms with van der Waals surface area (Å²) in [6.45, 7) is 12.4. The first-order valence-corrected chi connectivity index (χ1v) is 18.3. The molecule has 8 nitrogen and oxygen atoms in total. The normalized spacial score (nSPS) is 17.5. The predicted octanol–water partition coefficient (Wildman–Crippen LogP) is 6.95. The number of primary amides is 1. The van der Waals surface area contributed by atoms with E-state index in [0.29, 0.717) is 30.3 Å². The molecule has 2 aromatic carbocycles. The maximum absolute atomic E-state index is 14.0. The minimum atomic E-state index is -0.468. The van der Waals surface area contributed by atoms with Crippen molar-refractivity contribution >= 4 is 36.2 Å². The highest BCUT2D eigenvalue weighted by molar-refractivity contribution is 6.31. The summed E-state index contributed by atoms with van der Waals surface area (Å²) in [4.78, 5) is 27.4. The van der Waals surface area contributed by atoms with Gasteiger partial charge in [-0.25, -0.2) is 9.37 Å². The van der Waals surface area contributed by atoms with Gasteiger partial charge in [0.2, 0.25) is 6.41 Å². The Morgan fingerprint density at radius 1 is 1.16 bits per heavy atom. The number of benzene rings is 2. The number of hydrogen-bond donors (Lipinski definition) is 3. The summed E-state index contributed by atoms with van der Waals surface area (Å²) in [5.41, 5.74) is 8.15. The fourth-order valence-corrected chi connectivity index (χ4v) is 6.26. The fraction of sp³-hybridized carbons (Fsp3) is 0.475. The molecular formula is C40H52ClFN4O4. The topological polar surface area (TPSA) is 116 Å². The summed E-state index contributed by atoms with van der Waals surface area (Å²) in [5, 5.41) is 8.60. The van der Waals surface area contributed by atoms with Gasteiger partial charge in [-0.3, -0.25) is 9.59 Å². The summed E-state index contributed by atoms with van der Waals surface area (Å²) >= 11 is 6.17. The van der Waals surface area contributed by atoms with Crippen LogP contribution in [0, 0.1) is 11.7 Å². The molecule has 50 heavy (non-hydrogen) atoms. The van der Waals surface area contributed by atoms with Crippen molar-refractivity contribution in [2.75, 3.05) is 19.7 Å². The number of nitrogens with zero attached hydrogens (tertiary/aromatic N) is 1. The highest BCUT2D eigenvalue weighted by Crippen LogP contribution is 2.45. The van der Waals surface area contributed by atoms with Crippen LogP contribution in [0.15, 0.2) is 36.4 Å². The van der Waals surface area contributed by atoms with E-state index < -0.39 is 5.82 Å². The molecule has 4 N–H and O–H groups in total. The van der Waals surface area contributed by atoms with Gasteiger partial charge in [0.1, 0.15) is 23.0 Å². The molecule has 2 atom stereocenters. The van der Waals surface area contributed by atoms with Gasteiger partial charge in [0.15, 0.2) is 0 Å². The summed E-state index contributed by atoms with van der Waals surface area (Å²) in [5.74, 6) is 1.53. The van der Waals surface area contributed by atoms with Gasteiger partial charge in [0.05, 0.1) is 17.7 Å². The van der Waals surface area contributed by atoms with Crippen LogP contribution in [0.25, 0.3) is 23.5 Å². The lowest BCUT2D eigenvalue weighted by molar-refractivity contribution is -0.106. The average molecular weight is 707 g/mol. The Labute approximate surface area is 300 Å². The first-order valence-electron chi connectivity index (χ1n) is 18.0. The van der Waals surface area contributed by atoms with E-state index in [1.165, 1.54) is 18.9 Å². The predicted molar refractivity (Wildman–Crippen MR) is 199 cm³/mol. The molecule has 3 aromatic rings. The maximum Gasteiger partial charge on any atom is 0.251 e. The molecule has 0 bridgehead atoms. The number of carbonyl (C=O) groups excluding carboxylic acids is 2. The Kier molecular flexibility index (Phi) is 14.5. The minimum Gasteiger partial charge on any atom is -0.490 e. The first-order chi connectivity index (χ1) is 24.2. The summed E-state index contributed by atoms with van der Waals surface area (Å²) < 4.78 is 26.4. The van der Waals surface area contributed by atoms with Crippen LogP contribution in [0.2, 0.25) is 5.02 Å². The Morgan fingerprint density at radius 2 is 1.88 bits per heavy atom. The van der Waals surface area contributed by atoms with Crippen molar-refractivity contribution in [1.82, 2.24) is 15.6 Å². The molecule has 6 rings (SSSR count). The Morgan fingerprint density at radius 3 is 2.48 bits per heavy atom. The number of amides is 2. The van der Waals surface area contributed by atoms with Gasteiger partial charge >= 0.3 is 0 Å². The molecule has 1 aromatic heterocycles. The van der Waals surface area contributed by atoms with E-state index in [0.717, 1.165) is 77.4 Å². The molecule has 0 radical (unpaired) electrons. The van der Waals surface area contributed by atoms with Gasteiger partial charge in [-0.2, -0.15) is 0 Å². The summed E-state index contributed by atoms with van der Waals surface area (Å²) in [6, 6.07) is 10.6. The van der Waals surface area contributed by atoms with Gasteiger partial charge in [-0.1, -0.05) is 58.2 Å². The number of nitrogens with one attached hydrogen (secondary N) is 2. The number of fused-ring (bicyclic) bond motifs is 1. The maximum atomic E-state index is 14.0. The molecule has 1 aliphatic heterocycles. The smallest absolute Gasteiger partial charge is 0.251 e. The van der Waals surface area contributed by atoms with Crippen LogP contribution in [0.1, 0.15) is 113 Å². The second kappa shape index (κ2) is 18.8. The summed E-state index contributed by atoms with van der Waals surface area (Å²) in [6.07, 6.45) is 12.2. The van der Waals surface area contributed by atoms with E-state index in [4.69, 9.17) is 30.9 Å². The largest absolute Gasteiger partial charge is 0.490 e. The number of ether oxygens (including phenoxy) is 2. The molecule has 2 amide bonds. The minimum absolute atomic E-state index is 0.0307. The van der Waals surface area contributed by atoms with Gasteiger partial charge in [0, 0.05) is 63.9 Å². The Bertz CT molecular complexity index is 1740. The monoisotopic (exact) mass is 706 g/mol. The van der Waals surface area contributed by atoms with Crippen LogP contribution < -0.4 is 36.3 Å². The third-order valence-corrected chi connectivity index (χ3v) is 9.29. The first kappa shape index (κ1) is 38.7.